The minimum atomic E-state index is -0.750. The molecule has 18 heavy (non-hydrogen) atoms. The summed E-state index contributed by atoms with van der Waals surface area (Å²) in [6.07, 6.45) is 1.05. The summed E-state index contributed by atoms with van der Waals surface area (Å²) in [6.45, 7) is 4.15. The summed E-state index contributed by atoms with van der Waals surface area (Å²) < 4.78 is 33.1. The Morgan fingerprint density at radius 3 is 2.61 bits per heavy atom. The number of aryl methyl sites for hydroxylation is 1. The monoisotopic (exact) mass is 255 g/mol. The van der Waals surface area contributed by atoms with Gasteiger partial charge in [0.2, 0.25) is 0 Å². The van der Waals surface area contributed by atoms with Crippen molar-refractivity contribution >= 4 is 0 Å². The molecule has 1 saturated heterocycles. The molecule has 1 N–H and O–H groups in total. The van der Waals surface area contributed by atoms with Crippen LogP contribution in [0.25, 0.3) is 0 Å². The first-order valence-electron chi connectivity index (χ1n) is 6.28. The number of halogens is 2. The van der Waals surface area contributed by atoms with E-state index in [1.54, 1.807) is 26.1 Å². The molecular weight excluding hydrogens is 236 g/mol. The van der Waals surface area contributed by atoms with Crippen molar-refractivity contribution in [2.24, 2.45) is 5.92 Å². The molecule has 2 nitrogen and oxygen atoms in total. The van der Waals surface area contributed by atoms with Crippen molar-refractivity contribution in [1.29, 1.82) is 0 Å². The topological polar surface area (TPSA) is 21.3 Å². The summed E-state index contributed by atoms with van der Waals surface area (Å²) in [7, 11) is 1.77. The van der Waals surface area contributed by atoms with E-state index in [0.717, 1.165) is 6.42 Å². The highest BCUT2D eigenvalue weighted by molar-refractivity contribution is 5.28. The van der Waals surface area contributed by atoms with Crippen LogP contribution in [0.2, 0.25) is 0 Å². The number of nitrogens with one attached hydrogen (secondary N) is 1. The molecule has 1 aliphatic rings. The lowest BCUT2D eigenvalue weighted by Gasteiger charge is -2.23. The highest BCUT2D eigenvalue weighted by Gasteiger charge is 2.32. The first-order valence-corrected chi connectivity index (χ1v) is 6.28. The van der Waals surface area contributed by atoms with E-state index in [1.165, 1.54) is 0 Å². The van der Waals surface area contributed by atoms with E-state index in [2.05, 4.69) is 5.32 Å². The fraction of sp³-hybridized carbons (Fsp3) is 0.571. The Morgan fingerprint density at radius 2 is 2.06 bits per heavy atom. The maximum atomic E-state index is 14.0. The second kappa shape index (κ2) is 5.33. The van der Waals surface area contributed by atoms with E-state index in [4.69, 9.17) is 4.74 Å². The fourth-order valence-electron chi connectivity index (χ4n) is 2.63. The lowest BCUT2D eigenvalue weighted by atomic mass is 9.90. The second-order valence-corrected chi connectivity index (χ2v) is 5.01. The quantitative estimate of drug-likeness (QED) is 0.896. The smallest absolute Gasteiger partial charge is 0.163 e. The molecule has 3 unspecified atom stereocenters. The molecule has 1 aliphatic heterocycles. The van der Waals surface area contributed by atoms with E-state index >= 15 is 0 Å². The highest BCUT2D eigenvalue weighted by atomic mass is 19.2. The molecule has 1 aromatic carbocycles. The van der Waals surface area contributed by atoms with Gasteiger partial charge in [0.25, 0.3) is 0 Å². The lowest BCUT2D eigenvalue weighted by Crippen LogP contribution is -2.27. The van der Waals surface area contributed by atoms with Crippen molar-refractivity contribution in [1.82, 2.24) is 5.32 Å². The Hall–Kier alpha value is -1.00. The summed E-state index contributed by atoms with van der Waals surface area (Å²) in [6, 6.07) is 3.08. The standard InChI is InChI=1S/C14H19F2NO/c1-8-4-5-11(13(16)12(8)15)14(17-3)10-6-9(2)18-7-10/h4-5,9-10,14,17H,6-7H2,1-3H3. The SMILES string of the molecule is CNC(c1ccc(C)c(F)c1F)C1COC(C)C1. The molecule has 0 radical (unpaired) electrons. The molecule has 2 rings (SSSR count). The van der Waals surface area contributed by atoms with Gasteiger partial charge in [-0.05, 0) is 32.9 Å². The average Bonchev–Trinajstić information content (AvgIpc) is 2.77. The normalized spacial score (nSPS) is 25.4. The van der Waals surface area contributed by atoms with E-state index in [1.807, 2.05) is 6.92 Å². The van der Waals surface area contributed by atoms with Crippen LogP contribution in [-0.2, 0) is 4.74 Å². The maximum absolute atomic E-state index is 14.0. The summed E-state index contributed by atoms with van der Waals surface area (Å²) in [4.78, 5) is 0. The molecule has 0 aliphatic carbocycles. The van der Waals surface area contributed by atoms with Crippen molar-refractivity contribution in [3.63, 3.8) is 0 Å². The first kappa shape index (κ1) is 13.4. The maximum Gasteiger partial charge on any atom is 0.163 e. The number of benzene rings is 1. The zero-order valence-electron chi connectivity index (χ0n) is 11.0. The van der Waals surface area contributed by atoms with Gasteiger partial charge in [-0.2, -0.15) is 0 Å². The van der Waals surface area contributed by atoms with Crippen LogP contribution in [0.4, 0.5) is 8.78 Å². The van der Waals surface area contributed by atoms with E-state index in [0.29, 0.717) is 17.7 Å². The van der Waals surface area contributed by atoms with Crippen molar-refractivity contribution < 1.29 is 13.5 Å². The van der Waals surface area contributed by atoms with Gasteiger partial charge >= 0.3 is 0 Å². The number of hydrogen-bond acceptors (Lipinski definition) is 2. The Balaban J connectivity index is 2.30. The molecule has 4 heteroatoms. The Bertz CT molecular complexity index is 436. The summed E-state index contributed by atoms with van der Waals surface area (Å²) in [5.74, 6) is -1.31. The molecule has 0 aromatic heterocycles. The molecule has 0 bridgehead atoms. The molecule has 0 spiro atoms. The third-order valence-electron chi connectivity index (χ3n) is 3.65. The zero-order valence-corrected chi connectivity index (χ0v) is 11.0. The van der Waals surface area contributed by atoms with Crippen LogP contribution < -0.4 is 5.32 Å². The summed E-state index contributed by atoms with van der Waals surface area (Å²) in [5, 5.41) is 3.08. The second-order valence-electron chi connectivity index (χ2n) is 5.01. The van der Waals surface area contributed by atoms with Gasteiger partial charge in [-0.3, -0.25) is 0 Å². The van der Waals surface area contributed by atoms with E-state index < -0.39 is 11.6 Å². The third-order valence-corrected chi connectivity index (χ3v) is 3.65. The molecule has 1 heterocycles. The van der Waals surface area contributed by atoms with Crippen LogP contribution in [0, 0.1) is 24.5 Å². The fourth-order valence-corrected chi connectivity index (χ4v) is 2.63. The van der Waals surface area contributed by atoms with Gasteiger partial charge in [0.15, 0.2) is 11.6 Å². The Morgan fingerprint density at radius 1 is 1.33 bits per heavy atom. The van der Waals surface area contributed by atoms with Crippen LogP contribution in [0.15, 0.2) is 12.1 Å². The largest absolute Gasteiger partial charge is 0.378 e. The first-order chi connectivity index (χ1) is 8.54. The number of rotatable bonds is 3. The minimum absolute atomic E-state index is 0.182. The molecule has 0 amide bonds. The Kier molecular flexibility index (Phi) is 3.97. The molecule has 1 fully saturated rings. The van der Waals surface area contributed by atoms with Crippen molar-refractivity contribution in [3.8, 4) is 0 Å². The molecule has 1 aromatic rings. The van der Waals surface area contributed by atoms with Crippen LogP contribution in [0.5, 0.6) is 0 Å². The predicted octanol–water partition coefficient (Wildman–Crippen LogP) is 2.96. The molecule has 3 atom stereocenters. The summed E-state index contributed by atoms with van der Waals surface area (Å²) in [5.41, 5.74) is 0.727. The zero-order chi connectivity index (χ0) is 13.3. The number of ether oxygens (including phenoxy) is 1. The minimum Gasteiger partial charge on any atom is -0.378 e. The van der Waals surface area contributed by atoms with E-state index in [-0.39, 0.29) is 18.1 Å². The van der Waals surface area contributed by atoms with E-state index in [9.17, 15) is 8.78 Å². The average molecular weight is 255 g/mol. The lowest BCUT2D eigenvalue weighted by molar-refractivity contribution is 0.117. The predicted molar refractivity (Wildman–Crippen MR) is 66.4 cm³/mol. The van der Waals surface area contributed by atoms with Crippen molar-refractivity contribution in [3.05, 3.63) is 34.9 Å². The van der Waals surface area contributed by atoms with Gasteiger partial charge in [-0.1, -0.05) is 12.1 Å². The van der Waals surface area contributed by atoms with Gasteiger partial charge < -0.3 is 10.1 Å². The number of hydrogen-bond donors (Lipinski definition) is 1. The van der Waals surface area contributed by atoms with Crippen molar-refractivity contribution in [2.45, 2.75) is 32.4 Å². The van der Waals surface area contributed by atoms with Crippen LogP contribution >= 0.6 is 0 Å². The molecule has 0 saturated carbocycles. The van der Waals surface area contributed by atoms with Crippen molar-refractivity contribution in [2.75, 3.05) is 13.7 Å². The van der Waals surface area contributed by atoms with Crippen LogP contribution in [-0.4, -0.2) is 19.8 Å². The van der Waals surface area contributed by atoms with Crippen LogP contribution in [0.1, 0.15) is 30.5 Å². The summed E-state index contributed by atoms with van der Waals surface area (Å²) >= 11 is 0. The van der Waals surface area contributed by atoms with Crippen LogP contribution in [0.3, 0.4) is 0 Å². The Labute approximate surface area is 106 Å². The van der Waals surface area contributed by atoms with Gasteiger partial charge in [0, 0.05) is 17.5 Å². The highest BCUT2D eigenvalue weighted by Crippen LogP contribution is 2.33. The molecule has 100 valence electrons. The van der Waals surface area contributed by atoms with Gasteiger partial charge in [0.05, 0.1) is 12.7 Å². The third kappa shape index (κ3) is 2.40. The van der Waals surface area contributed by atoms with Gasteiger partial charge in [-0.15, -0.1) is 0 Å². The van der Waals surface area contributed by atoms with Gasteiger partial charge in [0.1, 0.15) is 0 Å². The van der Waals surface area contributed by atoms with Gasteiger partial charge in [-0.25, -0.2) is 8.78 Å². The molecular formula is C14H19F2NO.